The van der Waals surface area contributed by atoms with E-state index in [2.05, 4.69) is 22.2 Å². The second-order valence-corrected chi connectivity index (χ2v) is 5.09. The molecule has 3 heterocycles. The summed E-state index contributed by atoms with van der Waals surface area (Å²) >= 11 is 1.64. The van der Waals surface area contributed by atoms with Gasteiger partial charge in [0.15, 0.2) is 0 Å². The summed E-state index contributed by atoms with van der Waals surface area (Å²) in [7, 11) is 0. The number of fused-ring (bicyclic) bond motifs is 1. The molecule has 4 nitrogen and oxygen atoms in total. The van der Waals surface area contributed by atoms with E-state index < -0.39 is 0 Å². The highest BCUT2D eigenvalue weighted by molar-refractivity contribution is 7.17. The van der Waals surface area contributed by atoms with Crippen LogP contribution in [0.25, 0.3) is 10.2 Å². The fourth-order valence-electron chi connectivity index (χ4n) is 1.85. The largest absolute Gasteiger partial charge is 0.464 e. The minimum Gasteiger partial charge on any atom is -0.464 e. The fraction of sp³-hybridized carbons (Fsp3) is 0.231. The van der Waals surface area contributed by atoms with E-state index in [1.54, 1.807) is 17.7 Å². The van der Waals surface area contributed by atoms with E-state index >= 15 is 0 Å². The molecule has 3 aromatic rings. The van der Waals surface area contributed by atoms with E-state index in [4.69, 9.17) is 4.42 Å². The van der Waals surface area contributed by atoms with Gasteiger partial charge in [-0.05, 0) is 37.4 Å². The van der Waals surface area contributed by atoms with Crippen LogP contribution in [0.15, 0.2) is 34.3 Å². The number of rotatable bonds is 3. The second kappa shape index (κ2) is 4.42. The highest BCUT2D eigenvalue weighted by Crippen LogP contribution is 2.28. The van der Waals surface area contributed by atoms with Gasteiger partial charge in [0.05, 0.1) is 16.3 Å². The second-order valence-electron chi connectivity index (χ2n) is 4.17. The van der Waals surface area contributed by atoms with Gasteiger partial charge in [-0.3, -0.25) is 0 Å². The average Bonchev–Trinajstić information content (AvgIpc) is 2.97. The quantitative estimate of drug-likeness (QED) is 0.778. The molecule has 0 aliphatic heterocycles. The molecule has 0 saturated carbocycles. The molecule has 0 amide bonds. The normalized spacial score (nSPS) is 12.8. The minimum absolute atomic E-state index is 0.0823. The first kappa shape index (κ1) is 11.2. The van der Waals surface area contributed by atoms with Crippen LogP contribution in [-0.4, -0.2) is 9.97 Å². The predicted molar refractivity (Wildman–Crippen MR) is 72.9 cm³/mol. The highest BCUT2D eigenvalue weighted by atomic mass is 32.1. The Morgan fingerprint density at radius 1 is 1.28 bits per heavy atom. The van der Waals surface area contributed by atoms with E-state index in [0.717, 1.165) is 27.6 Å². The average molecular weight is 259 g/mol. The Hall–Kier alpha value is -1.88. The number of furan rings is 1. The van der Waals surface area contributed by atoms with Gasteiger partial charge in [0.25, 0.3) is 0 Å². The summed E-state index contributed by atoms with van der Waals surface area (Å²) in [5.74, 6) is 2.69. The van der Waals surface area contributed by atoms with Gasteiger partial charge in [-0.1, -0.05) is 0 Å². The molecule has 0 bridgehead atoms. The number of thiophene rings is 1. The maximum absolute atomic E-state index is 5.61. The Balaban J connectivity index is 1.90. The van der Waals surface area contributed by atoms with Crippen LogP contribution in [0, 0.1) is 6.92 Å². The Labute approximate surface area is 109 Å². The SMILES string of the molecule is Cc1ccc(C(C)Nc2ncnc3ccsc23)o1. The van der Waals surface area contributed by atoms with Crippen LogP contribution in [0.2, 0.25) is 0 Å². The summed E-state index contributed by atoms with van der Waals surface area (Å²) in [6, 6.07) is 6.03. The molecule has 0 radical (unpaired) electrons. The van der Waals surface area contributed by atoms with Gasteiger partial charge in [0.1, 0.15) is 23.7 Å². The van der Waals surface area contributed by atoms with Crippen LogP contribution in [0.1, 0.15) is 24.5 Å². The van der Waals surface area contributed by atoms with Crippen molar-refractivity contribution in [2.45, 2.75) is 19.9 Å². The van der Waals surface area contributed by atoms with Crippen LogP contribution >= 0.6 is 11.3 Å². The van der Waals surface area contributed by atoms with E-state index in [1.165, 1.54) is 0 Å². The Morgan fingerprint density at radius 3 is 2.94 bits per heavy atom. The first-order chi connectivity index (χ1) is 8.74. The summed E-state index contributed by atoms with van der Waals surface area (Å²) in [6.07, 6.45) is 1.58. The molecule has 0 fully saturated rings. The van der Waals surface area contributed by atoms with E-state index in [-0.39, 0.29) is 6.04 Å². The maximum atomic E-state index is 5.61. The van der Waals surface area contributed by atoms with E-state index in [0.29, 0.717) is 0 Å². The topological polar surface area (TPSA) is 51.0 Å². The molecular weight excluding hydrogens is 246 g/mol. The maximum Gasteiger partial charge on any atom is 0.148 e. The third-order valence-electron chi connectivity index (χ3n) is 2.78. The Bertz CT molecular complexity index is 673. The van der Waals surface area contributed by atoms with Gasteiger partial charge in [-0.15, -0.1) is 11.3 Å². The van der Waals surface area contributed by atoms with Crippen LogP contribution in [0.5, 0.6) is 0 Å². The van der Waals surface area contributed by atoms with Crippen LogP contribution in [0.4, 0.5) is 5.82 Å². The lowest BCUT2D eigenvalue weighted by Crippen LogP contribution is -2.07. The molecule has 1 atom stereocenters. The van der Waals surface area contributed by atoms with E-state index in [1.807, 2.05) is 30.5 Å². The van der Waals surface area contributed by atoms with Crippen molar-refractivity contribution in [1.82, 2.24) is 9.97 Å². The third kappa shape index (κ3) is 1.97. The standard InChI is InChI=1S/C13H13N3OS/c1-8-3-4-11(17-8)9(2)16-13-12-10(5-6-18-12)14-7-15-13/h3-7,9H,1-2H3,(H,14,15,16). The van der Waals surface area contributed by atoms with Crippen molar-refractivity contribution < 1.29 is 4.42 Å². The summed E-state index contributed by atoms with van der Waals surface area (Å²) in [5, 5.41) is 5.39. The van der Waals surface area contributed by atoms with Crippen molar-refractivity contribution in [3.05, 3.63) is 41.4 Å². The number of aromatic nitrogens is 2. The number of anilines is 1. The molecule has 0 aliphatic carbocycles. The fourth-order valence-corrected chi connectivity index (χ4v) is 2.65. The van der Waals surface area contributed by atoms with Gasteiger partial charge in [0.2, 0.25) is 0 Å². The molecule has 18 heavy (non-hydrogen) atoms. The van der Waals surface area contributed by atoms with Crippen molar-refractivity contribution in [1.29, 1.82) is 0 Å². The number of nitrogens with zero attached hydrogens (tertiary/aromatic N) is 2. The first-order valence-corrected chi connectivity index (χ1v) is 6.63. The van der Waals surface area contributed by atoms with Crippen LogP contribution < -0.4 is 5.32 Å². The van der Waals surface area contributed by atoms with Crippen molar-refractivity contribution in [3.63, 3.8) is 0 Å². The van der Waals surface area contributed by atoms with Crippen LogP contribution in [-0.2, 0) is 0 Å². The lowest BCUT2D eigenvalue weighted by Gasteiger charge is -2.12. The molecule has 1 unspecified atom stereocenters. The molecule has 5 heteroatoms. The first-order valence-electron chi connectivity index (χ1n) is 5.75. The summed E-state index contributed by atoms with van der Waals surface area (Å²) < 4.78 is 6.69. The van der Waals surface area contributed by atoms with Gasteiger partial charge >= 0.3 is 0 Å². The van der Waals surface area contributed by atoms with Gasteiger partial charge in [-0.2, -0.15) is 0 Å². The lowest BCUT2D eigenvalue weighted by atomic mass is 10.2. The number of aryl methyl sites for hydroxylation is 1. The summed E-state index contributed by atoms with van der Waals surface area (Å²) in [4.78, 5) is 8.52. The molecular formula is C13H13N3OS. The van der Waals surface area contributed by atoms with Crippen LogP contribution in [0.3, 0.4) is 0 Å². The van der Waals surface area contributed by atoms with Crippen molar-refractivity contribution in [2.24, 2.45) is 0 Å². The lowest BCUT2D eigenvalue weighted by molar-refractivity contribution is 0.466. The van der Waals surface area contributed by atoms with E-state index in [9.17, 15) is 0 Å². The Morgan fingerprint density at radius 2 is 2.17 bits per heavy atom. The van der Waals surface area contributed by atoms with Crippen molar-refractivity contribution >= 4 is 27.4 Å². The molecule has 0 aromatic carbocycles. The third-order valence-corrected chi connectivity index (χ3v) is 3.69. The summed E-state index contributed by atoms with van der Waals surface area (Å²) in [5.41, 5.74) is 0.973. The zero-order valence-electron chi connectivity index (χ0n) is 10.2. The number of nitrogens with one attached hydrogen (secondary N) is 1. The van der Waals surface area contributed by atoms with Gasteiger partial charge in [0, 0.05) is 0 Å². The van der Waals surface area contributed by atoms with Crippen molar-refractivity contribution in [2.75, 3.05) is 5.32 Å². The molecule has 3 aromatic heterocycles. The monoisotopic (exact) mass is 259 g/mol. The van der Waals surface area contributed by atoms with Crippen molar-refractivity contribution in [3.8, 4) is 0 Å². The predicted octanol–water partition coefficient (Wildman–Crippen LogP) is 3.77. The Kier molecular flexibility index (Phi) is 2.76. The molecule has 3 rings (SSSR count). The molecule has 0 saturated heterocycles. The molecule has 92 valence electrons. The van der Waals surface area contributed by atoms with Gasteiger partial charge in [-0.25, -0.2) is 9.97 Å². The molecule has 1 N–H and O–H groups in total. The smallest absolute Gasteiger partial charge is 0.148 e. The minimum atomic E-state index is 0.0823. The number of hydrogen-bond acceptors (Lipinski definition) is 5. The number of hydrogen-bond donors (Lipinski definition) is 1. The summed E-state index contributed by atoms with van der Waals surface area (Å²) in [6.45, 7) is 4.00. The zero-order valence-corrected chi connectivity index (χ0v) is 11.0. The molecule has 0 spiro atoms. The highest BCUT2D eigenvalue weighted by Gasteiger charge is 2.12. The molecule has 0 aliphatic rings. The van der Waals surface area contributed by atoms with Gasteiger partial charge < -0.3 is 9.73 Å². The zero-order chi connectivity index (χ0) is 12.5.